The number of pyridine rings is 1. The number of amides is 3. The number of likely N-dealkylation sites (tertiary alicyclic amines) is 1. The number of aromatic nitrogens is 1. The molecular formula is C28H37N5O4. The number of hydrogen-bond donors (Lipinski definition) is 3. The van der Waals surface area contributed by atoms with Gasteiger partial charge in [-0.15, -0.1) is 0 Å². The molecule has 3 N–H and O–H groups in total. The molecule has 2 aliphatic heterocycles. The Hall–Kier alpha value is -3.30. The minimum atomic E-state index is -1.05. The van der Waals surface area contributed by atoms with Gasteiger partial charge in [0.2, 0.25) is 17.7 Å². The van der Waals surface area contributed by atoms with Crippen molar-refractivity contribution >= 4 is 23.4 Å². The molecule has 37 heavy (non-hydrogen) atoms. The monoisotopic (exact) mass is 507 g/mol. The van der Waals surface area contributed by atoms with Crippen molar-refractivity contribution in [3.63, 3.8) is 0 Å². The van der Waals surface area contributed by atoms with E-state index < -0.39 is 24.1 Å². The zero-order chi connectivity index (χ0) is 26.6. The van der Waals surface area contributed by atoms with Crippen molar-refractivity contribution in [2.75, 3.05) is 31.1 Å². The van der Waals surface area contributed by atoms with Crippen molar-refractivity contribution in [1.29, 1.82) is 0 Å². The summed E-state index contributed by atoms with van der Waals surface area (Å²) in [6.45, 7) is 7.89. The van der Waals surface area contributed by atoms with Gasteiger partial charge in [0.05, 0.1) is 18.7 Å². The molecule has 9 nitrogen and oxygen atoms in total. The Morgan fingerprint density at radius 2 is 1.86 bits per heavy atom. The molecule has 0 saturated carbocycles. The number of nitrogens with zero attached hydrogens (tertiary/aromatic N) is 3. The van der Waals surface area contributed by atoms with Crippen LogP contribution in [-0.4, -0.2) is 71.0 Å². The van der Waals surface area contributed by atoms with E-state index in [-0.39, 0.29) is 30.2 Å². The van der Waals surface area contributed by atoms with E-state index in [1.807, 2.05) is 24.3 Å². The van der Waals surface area contributed by atoms with Crippen LogP contribution in [0.3, 0.4) is 0 Å². The van der Waals surface area contributed by atoms with E-state index in [0.29, 0.717) is 30.9 Å². The highest BCUT2D eigenvalue weighted by molar-refractivity contribution is 6.04. The maximum atomic E-state index is 13.9. The van der Waals surface area contributed by atoms with Crippen LogP contribution < -0.4 is 15.5 Å². The fraction of sp³-hybridized carbons (Fsp3) is 0.500. The first-order valence-corrected chi connectivity index (χ1v) is 13.0. The number of aliphatic hydroxyl groups is 1. The second-order valence-corrected chi connectivity index (χ2v) is 10.9. The van der Waals surface area contributed by atoms with Gasteiger partial charge in [0.25, 0.3) is 0 Å². The molecule has 198 valence electrons. The van der Waals surface area contributed by atoms with Crippen molar-refractivity contribution in [2.24, 2.45) is 0 Å². The molecule has 3 atom stereocenters. The highest BCUT2D eigenvalue weighted by Crippen LogP contribution is 2.32. The molecule has 0 spiro atoms. The summed E-state index contributed by atoms with van der Waals surface area (Å²) in [5, 5.41) is 15.9. The Kier molecular flexibility index (Phi) is 8.24. The van der Waals surface area contributed by atoms with Gasteiger partial charge in [-0.05, 0) is 48.4 Å². The van der Waals surface area contributed by atoms with Crippen molar-refractivity contribution in [3.05, 3.63) is 59.9 Å². The first-order chi connectivity index (χ1) is 17.6. The third kappa shape index (κ3) is 6.34. The van der Waals surface area contributed by atoms with E-state index in [0.717, 1.165) is 18.4 Å². The van der Waals surface area contributed by atoms with Gasteiger partial charge in [0, 0.05) is 43.3 Å². The quantitative estimate of drug-likeness (QED) is 0.528. The van der Waals surface area contributed by atoms with Crippen LogP contribution in [0.1, 0.15) is 57.2 Å². The highest BCUT2D eigenvalue weighted by atomic mass is 16.3. The fourth-order valence-corrected chi connectivity index (χ4v) is 4.89. The van der Waals surface area contributed by atoms with Gasteiger partial charge >= 0.3 is 0 Å². The smallest absolute Gasteiger partial charge is 0.248 e. The molecule has 1 aromatic carbocycles. The highest BCUT2D eigenvalue weighted by Gasteiger charge is 2.39. The number of rotatable bonds is 7. The van der Waals surface area contributed by atoms with Crippen molar-refractivity contribution in [2.45, 2.75) is 63.6 Å². The van der Waals surface area contributed by atoms with E-state index in [1.54, 1.807) is 29.4 Å². The van der Waals surface area contributed by atoms with Gasteiger partial charge < -0.3 is 20.6 Å². The Bertz CT molecular complexity index is 1090. The molecule has 0 aliphatic carbocycles. The molecule has 3 heterocycles. The van der Waals surface area contributed by atoms with Gasteiger partial charge in [0.1, 0.15) is 6.04 Å². The molecule has 2 fully saturated rings. The zero-order valence-electron chi connectivity index (χ0n) is 21.8. The fourth-order valence-electron chi connectivity index (χ4n) is 4.89. The number of carbonyl (C=O) groups is 3. The lowest BCUT2D eigenvalue weighted by Gasteiger charge is -2.33. The Labute approximate surface area is 218 Å². The summed E-state index contributed by atoms with van der Waals surface area (Å²) in [4.78, 5) is 47.7. The van der Waals surface area contributed by atoms with E-state index in [2.05, 4.69) is 36.4 Å². The molecule has 0 bridgehead atoms. The SMILES string of the molecule is CC(C)(C)c1ccc(N(C(=O)[C@H]2C[C@@H](O)CN2)C(C(=O)NCC(=O)N2CCCC2)c2cccnc2)cc1. The van der Waals surface area contributed by atoms with Crippen LogP contribution in [-0.2, 0) is 19.8 Å². The number of anilines is 1. The lowest BCUT2D eigenvalue weighted by Crippen LogP contribution is -2.51. The van der Waals surface area contributed by atoms with Crippen LogP contribution >= 0.6 is 0 Å². The molecule has 3 amide bonds. The van der Waals surface area contributed by atoms with Gasteiger partial charge in [-0.25, -0.2) is 0 Å². The first-order valence-electron chi connectivity index (χ1n) is 13.0. The van der Waals surface area contributed by atoms with Crippen LogP contribution in [0, 0.1) is 0 Å². The van der Waals surface area contributed by atoms with E-state index in [1.165, 1.54) is 4.90 Å². The second kappa shape index (κ2) is 11.4. The number of benzene rings is 1. The summed E-state index contributed by atoms with van der Waals surface area (Å²) in [7, 11) is 0. The van der Waals surface area contributed by atoms with E-state index >= 15 is 0 Å². The topological polar surface area (TPSA) is 115 Å². The molecule has 1 aromatic heterocycles. The predicted octanol–water partition coefficient (Wildman–Crippen LogP) is 1.91. The molecular weight excluding hydrogens is 470 g/mol. The van der Waals surface area contributed by atoms with Gasteiger partial charge in [0.15, 0.2) is 0 Å². The van der Waals surface area contributed by atoms with E-state index in [9.17, 15) is 19.5 Å². The Morgan fingerprint density at radius 1 is 1.16 bits per heavy atom. The number of carbonyl (C=O) groups excluding carboxylic acids is 3. The summed E-state index contributed by atoms with van der Waals surface area (Å²) < 4.78 is 0. The molecule has 2 aliphatic rings. The number of aliphatic hydroxyl groups excluding tert-OH is 1. The average molecular weight is 508 g/mol. The van der Waals surface area contributed by atoms with Crippen LogP contribution in [0.5, 0.6) is 0 Å². The minimum absolute atomic E-state index is 0.0828. The zero-order valence-corrected chi connectivity index (χ0v) is 21.8. The summed E-state index contributed by atoms with van der Waals surface area (Å²) in [6.07, 6.45) is 4.71. The third-order valence-electron chi connectivity index (χ3n) is 7.03. The lowest BCUT2D eigenvalue weighted by molar-refractivity contribution is -0.132. The van der Waals surface area contributed by atoms with Crippen molar-refractivity contribution in [3.8, 4) is 0 Å². The molecule has 2 aromatic rings. The summed E-state index contributed by atoms with van der Waals surface area (Å²) in [6, 6.07) is 9.38. The number of hydrogen-bond acceptors (Lipinski definition) is 6. The van der Waals surface area contributed by atoms with E-state index in [4.69, 9.17) is 0 Å². The van der Waals surface area contributed by atoms with Crippen molar-refractivity contribution < 1.29 is 19.5 Å². The Balaban J connectivity index is 1.69. The largest absolute Gasteiger partial charge is 0.392 e. The number of β-amino-alcohol motifs (C(OH)–C–C–N with tert-alkyl or cyclic N) is 1. The summed E-state index contributed by atoms with van der Waals surface area (Å²) >= 11 is 0. The average Bonchev–Trinajstić information content (AvgIpc) is 3.58. The molecule has 1 unspecified atom stereocenters. The van der Waals surface area contributed by atoms with Crippen LogP contribution in [0.15, 0.2) is 48.8 Å². The first kappa shape index (κ1) is 26.8. The lowest BCUT2D eigenvalue weighted by atomic mass is 9.87. The van der Waals surface area contributed by atoms with Gasteiger partial charge in [-0.2, -0.15) is 0 Å². The van der Waals surface area contributed by atoms with Crippen LogP contribution in [0.2, 0.25) is 0 Å². The Morgan fingerprint density at radius 3 is 2.43 bits per heavy atom. The normalized spacial score (nSPS) is 20.5. The predicted molar refractivity (Wildman–Crippen MR) is 141 cm³/mol. The van der Waals surface area contributed by atoms with Crippen molar-refractivity contribution in [1.82, 2.24) is 20.5 Å². The molecule has 9 heteroatoms. The second-order valence-electron chi connectivity index (χ2n) is 10.9. The molecule has 0 radical (unpaired) electrons. The van der Waals surface area contributed by atoms with Crippen LogP contribution in [0.4, 0.5) is 5.69 Å². The van der Waals surface area contributed by atoms with Crippen LogP contribution in [0.25, 0.3) is 0 Å². The maximum Gasteiger partial charge on any atom is 0.248 e. The maximum absolute atomic E-state index is 13.9. The summed E-state index contributed by atoms with van der Waals surface area (Å²) in [5.74, 6) is -0.925. The summed E-state index contributed by atoms with van der Waals surface area (Å²) in [5.41, 5.74) is 2.09. The molecule has 2 saturated heterocycles. The standard InChI is InChI=1S/C28H37N5O4/c1-28(2,3)20-8-10-21(11-9-20)33(27(37)23-15-22(34)17-30-23)25(19-7-6-12-29-16-19)26(36)31-18-24(35)32-13-4-5-14-32/h6-12,16,22-23,25,30,34H,4-5,13-15,17-18H2,1-3H3,(H,31,36)/t22-,23-,25?/m1/s1. The molecule has 4 rings (SSSR count). The number of nitrogens with one attached hydrogen (secondary N) is 2. The minimum Gasteiger partial charge on any atom is -0.392 e. The third-order valence-corrected chi connectivity index (χ3v) is 7.03. The van der Waals surface area contributed by atoms with Gasteiger partial charge in [-0.1, -0.05) is 39.0 Å². The van der Waals surface area contributed by atoms with Gasteiger partial charge in [-0.3, -0.25) is 24.3 Å².